The van der Waals surface area contributed by atoms with Crippen LogP contribution in [0.25, 0.3) is 5.69 Å². The molecule has 9 heteroatoms. The Morgan fingerprint density at radius 2 is 1.69 bits per heavy atom. The van der Waals surface area contributed by atoms with Gasteiger partial charge in [0.05, 0.1) is 19.5 Å². The third-order valence-corrected chi connectivity index (χ3v) is 5.27. The lowest BCUT2D eigenvalue weighted by atomic mass is 10.3. The maximum absolute atomic E-state index is 11.5. The Morgan fingerprint density at radius 1 is 1.03 bits per heavy atom. The van der Waals surface area contributed by atoms with Crippen LogP contribution in [0.15, 0.2) is 58.2 Å². The summed E-state index contributed by atoms with van der Waals surface area (Å²) in [5, 5.41) is 9.07. The molecule has 0 aliphatic carbocycles. The van der Waals surface area contributed by atoms with Crippen LogP contribution in [-0.4, -0.2) is 40.2 Å². The quantitative estimate of drug-likeness (QED) is 0.336. The third kappa shape index (κ3) is 5.74. The molecule has 0 aliphatic rings. The second kappa shape index (κ2) is 10.3. The molecule has 1 heterocycles. The number of hydrogen-bond donors (Lipinski definition) is 0. The molecule has 7 nitrogen and oxygen atoms in total. The smallest absolute Gasteiger partial charge is 0.316 e. The second-order valence-electron chi connectivity index (χ2n) is 5.77. The summed E-state index contributed by atoms with van der Waals surface area (Å²) >= 11 is 4.66. The third-order valence-electron chi connectivity index (χ3n) is 3.83. The summed E-state index contributed by atoms with van der Waals surface area (Å²) in [4.78, 5) is 11.5. The van der Waals surface area contributed by atoms with Crippen LogP contribution in [0, 0.1) is 0 Å². The summed E-state index contributed by atoms with van der Waals surface area (Å²) in [5.74, 6) is 1.92. The molecule has 0 radical (unpaired) electrons. The monoisotopic (exact) mass is 477 g/mol. The molecule has 0 N–H and O–H groups in total. The summed E-state index contributed by atoms with van der Waals surface area (Å²) in [7, 11) is 1.36. The van der Waals surface area contributed by atoms with Gasteiger partial charge in [0.25, 0.3) is 0 Å². The molecule has 152 valence electrons. The van der Waals surface area contributed by atoms with Crippen molar-refractivity contribution < 1.29 is 19.0 Å². The zero-order chi connectivity index (χ0) is 20.6. The zero-order valence-corrected chi connectivity index (χ0v) is 18.4. The summed E-state index contributed by atoms with van der Waals surface area (Å²) < 4.78 is 18.9. The fraction of sp³-hybridized carbons (Fsp3) is 0.250. The van der Waals surface area contributed by atoms with E-state index in [1.807, 2.05) is 60.0 Å². The number of methoxy groups -OCH3 is 1. The van der Waals surface area contributed by atoms with E-state index in [0.29, 0.717) is 17.6 Å². The van der Waals surface area contributed by atoms with Crippen LogP contribution in [0.4, 0.5) is 0 Å². The van der Waals surface area contributed by atoms with E-state index >= 15 is 0 Å². The van der Waals surface area contributed by atoms with Gasteiger partial charge in [0.15, 0.2) is 11.0 Å². The second-order valence-corrected chi connectivity index (χ2v) is 7.63. The molecule has 1 aromatic heterocycles. The van der Waals surface area contributed by atoms with Crippen LogP contribution < -0.4 is 9.47 Å². The number of carbonyl (C=O) groups excluding carboxylic acids is 1. The Bertz CT molecular complexity index is 945. The first-order chi connectivity index (χ1) is 14.1. The van der Waals surface area contributed by atoms with Gasteiger partial charge < -0.3 is 14.2 Å². The highest BCUT2D eigenvalue weighted by Crippen LogP contribution is 2.25. The van der Waals surface area contributed by atoms with Gasteiger partial charge in [-0.2, -0.15) is 0 Å². The van der Waals surface area contributed by atoms with Crippen molar-refractivity contribution in [2.75, 3.05) is 19.5 Å². The normalized spacial score (nSPS) is 10.6. The summed E-state index contributed by atoms with van der Waals surface area (Å²) in [6.45, 7) is 2.76. The molecule has 3 rings (SSSR count). The molecule has 0 unspecified atom stereocenters. The first kappa shape index (κ1) is 21.2. The van der Waals surface area contributed by atoms with Crippen molar-refractivity contribution in [3.8, 4) is 17.2 Å². The average Bonchev–Trinajstić information content (AvgIpc) is 3.15. The van der Waals surface area contributed by atoms with Gasteiger partial charge in [0, 0.05) is 10.2 Å². The molecule has 0 spiro atoms. The van der Waals surface area contributed by atoms with Gasteiger partial charge in [0.2, 0.25) is 0 Å². The fourth-order valence-electron chi connectivity index (χ4n) is 2.47. The van der Waals surface area contributed by atoms with Crippen molar-refractivity contribution in [3.05, 3.63) is 58.8 Å². The maximum atomic E-state index is 11.5. The zero-order valence-electron chi connectivity index (χ0n) is 16.0. The Labute approximate surface area is 181 Å². The first-order valence-corrected chi connectivity index (χ1v) is 10.6. The van der Waals surface area contributed by atoms with Gasteiger partial charge >= 0.3 is 5.97 Å². The molecule has 0 amide bonds. The van der Waals surface area contributed by atoms with Gasteiger partial charge in [-0.15, -0.1) is 10.2 Å². The number of benzene rings is 2. The van der Waals surface area contributed by atoms with Crippen LogP contribution in [0.5, 0.6) is 11.5 Å². The molecule has 0 bridgehead atoms. The Morgan fingerprint density at radius 3 is 2.34 bits per heavy atom. The minimum Gasteiger partial charge on any atom is -0.494 e. The van der Waals surface area contributed by atoms with Crippen LogP contribution >= 0.6 is 27.7 Å². The average molecular weight is 478 g/mol. The molecule has 0 fully saturated rings. The number of thioether (sulfide) groups is 1. The van der Waals surface area contributed by atoms with E-state index < -0.39 is 0 Å². The number of rotatable bonds is 9. The van der Waals surface area contributed by atoms with Crippen molar-refractivity contribution in [3.63, 3.8) is 0 Å². The summed E-state index contributed by atoms with van der Waals surface area (Å²) in [5.41, 5.74) is 0.847. The predicted octanol–water partition coefficient (Wildman–Crippen LogP) is 4.27. The van der Waals surface area contributed by atoms with Crippen molar-refractivity contribution >= 4 is 33.7 Å². The minimum absolute atomic E-state index is 0.138. The highest BCUT2D eigenvalue weighted by Gasteiger charge is 2.17. The van der Waals surface area contributed by atoms with Crippen molar-refractivity contribution in [2.45, 2.75) is 18.7 Å². The topological polar surface area (TPSA) is 75.5 Å². The molecule has 0 aliphatic heterocycles. The van der Waals surface area contributed by atoms with Gasteiger partial charge in [0.1, 0.15) is 18.1 Å². The molecule has 0 atom stereocenters. The first-order valence-electron chi connectivity index (χ1n) is 8.86. The standard InChI is InChI=1S/C20H20BrN3O4S/c1-3-27-16-10-6-15(7-11-16)24-18(12-28-17-8-4-14(21)5-9-17)22-23-20(24)29-13-19(25)26-2/h4-11H,3,12-13H2,1-2H3. The fourth-order valence-corrected chi connectivity index (χ4v) is 3.53. The molecular weight excluding hydrogens is 458 g/mol. The number of ether oxygens (including phenoxy) is 3. The molecule has 2 aromatic carbocycles. The number of aromatic nitrogens is 3. The van der Waals surface area contributed by atoms with Crippen molar-refractivity contribution in [2.24, 2.45) is 0 Å². The largest absolute Gasteiger partial charge is 0.494 e. The SMILES string of the molecule is CCOc1ccc(-n2c(COc3ccc(Br)cc3)nnc2SCC(=O)OC)cc1. The van der Waals surface area contributed by atoms with E-state index in [0.717, 1.165) is 21.7 Å². The predicted molar refractivity (Wildman–Crippen MR) is 114 cm³/mol. The van der Waals surface area contributed by atoms with Crippen LogP contribution in [0.3, 0.4) is 0 Å². The number of hydrogen-bond acceptors (Lipinski definition) is 7. The summed E-state index contributed by atoms with van der Waals surface area (Å²) in [6.07, 6.45) is 0. The lowest BCUT2D eigenvalue weighted by Crippen LogP contribution is -2.08. The van der Waals surface area contributed by atoms with E-state index in [1.54, 1.807) is 0 Å². The van der Waals surface area contributed by atoms with Gasteiger partial charge in [-0.05, 0) is 55.5 Å². The molecule has 3 aromatic rings. The van der Waals surface area contributed by atoms with Crippen LogP contribution in [-0.2, 0) is 16.1 Å². The van der Waals surface area contributed by atoms with Crippen molar-refractivity contribution in [1.29, 1.82) is 0 Å². The van der Waals surface area contributed by atoms with Crippen molar-refractivity contribution in [1.82, 2.24) is 14.8 Å². The highest BCUT2D eigenvalue weighted by atomic mass is 79.9. The highest BCUT2D eigenvalue weighted by molar-refractivity contribution is 9.10. The minimum atomic E-state index is -0.330. The Hall–Kier alpha value is -2.52. The van der Waals surface area contributed by atoms with Crippen LogP contribution in [0.2, 0.25) is 0 Å². The Balaban J connectivity index is 1.85. The lowest BCUT2D eigenvalue weighted by Gasteiger charge is -2.12. The van der Waals surface area contributed by atoms with Crippen LogP contribution in [0.1, 0.15) is 12.7 Å². The van der Waals surface area contributed by atoms with E-state index in [2.05, 4.69) is 26.1 Å². The van der Waals surface area contributed by atoms with Gasteiger partial charge in [-0.1, -0.05) is 27.7 Å². The van der Waals surface area contributed by atoms with Gasteiger partial charge in [-0.3, -0.25) is 9.36 Å². The number of esters is 1. The van der Waals surface area contributed by atoms with E-state index in [4.69, 9.17) is 14.2 Å². The Kier molecular flexibility index (Phi) is 7.54. The van der Waals surface area contributed by atoms with Gasteiger partial charge in [-0.25, -0.2) is 0 Å². The summed E-state index contributed by atoms with van der Waals surface area (Å²) in [6, 6.07) is 15.1. The molecule has 0 saturated carbocycles. The van der Waals surface area contributed by atoms with E-state index in [9.17, 15) is 4.79 Å². The lowest BCUT2D eigenvalue weighted by molar-refractivity contribution is -0.137. The number of carbonyl (C=O) groups is 1. The molecule has 0 saturated heterocycles. The van der Waals surface area contributed by atoms with E-state index in [-0.39, 0.29) is 18.3 Å². The molecular formula is C20H20BrN3O4S. The maximum Gasteiger partial charge on any atom is 0.316 e. The number of nitrogens with zero attached hydrogens (tertiary/aromatic N) is 3. The van der Waals surface area contributed by atoms with E-state index in [1.165, 1.54) is 18.9 Å². The molecule has 29 heavy (non-hydrogen) atoms. The number of halogens is 1.